The lowest BCUT2D eigenvalue weighted by Gasteiger charge is -2.30. The van der Waals surface area contributed by atoms with E-state index in [1.165, 1.54) is 0 Å². The van der Waals surface area contributed by atoms with Crippen molar-refractivity contribution in [2.75, 3.05) is 19.6 Å². The second kappa shape index (κ2) is 5.80. The predicted molar refractivity (Wildman–Crippen MR) is 66.1 cm³/mol. The minimum Gasteiger partial charge on any atom is -0.307 e. The molecule has 0 radical (unpaired) electrons. The van der Waals surface area contributed by atoms with Crippen molar-refractivity contribution in [2.24, 2.45) is 7.05 Å². The molecule has 5 nitrogen and oxygen atoms in total. The van der Waals surface area contributed by atoms with Gasteiger partial charge < -0.3 is 5.32 Å². The average Bonchev–Trinajstić information content (AvgIpc) is 2.75. The number of hydrogen-bond donors (Lipinski definition) is 1. The topological polar surface area (TPSA) is 46.0 Å². The molecule has 1 saturated heterocycles. The Morgan fingerprint density at radius 1 is 1.53 bits per heavy atom. The molecule has 92 valence electrons. The molecule has 1 aliphatic heterocycles. The predicted octanol–water partition coefficient (Wildman–Crippen LogP) is 0.00230. The first-order chi connectivity index (χ1) is 8.28. The second-order valence-electron chi connectivity index (χ2n) is 4.47. The molecule has 1 fully saturated rings. The molecule has 0 saturated carbocycles. The van der Waals surface area contributed by atoms with Crippen LogP contribution in [0.3, 0.4) is 0 Å². The van der Waals surface area contributed by atoms with Gasteiger partial charge >= 0.3 is 0 Å². The van der Waals surface area contributed by atoms with Gasteiger partial charge in [0.05, 0.1) is 13.1 Å². The molecule has 0 aliphatic carbocycles. The van der Waals surface area contributed by atoms with Crippen LogP contribution >= 0.6 is 0 Å². The number of aromatic nitrogens is 3. The number of aryl methyl sites for hydroxylation is 1. The van der Waals surface area contributed by atoms with Gasteiger partial charge in [0.2, 0.25) is 0 Å². The van der Waals surface area contributed by atoms with E-state index in [0.717, 1.165) is 44.8 Å². The minimum atomic E-state index is 0.563. The molecule has 1 aliphatic rings. The smallest absolute Gasteiger partial charge is 0.164 e. The van der Waals surface area contributed by atoms with Crippen molar-refractivity contribution in [3.8, 4) is 12.3 Å². The molecule has 0 amide bonds. The molecule has 0 atom stereocenters. The normalized spacial score (nSPS) is 18.1. The van der Waals surface area contributed by atoms with Gasteiger partial charge in [0.25, 0.3) is 0 Å². The first kappa shape index (κ1) is 12.1. The molecule has 17 heavy (non-hydrogen) atoms. The Hall–Kier alpha value is -1.38. The third kappa shape index (κ3) is 3.55. The molecular weight excluding hydrogens is 214 g/mol. The van der Waals surface area contributed by atoms with E-state index in [2.05, 4.69) is 26.2 Å². The summed E-state index contributed by atoms with van der Waals surface area (Å²) in [5, 5.41) is 7.74. The first-order valence-electron chi connectivity index (χ1n) is 6.01. The molecule has 5 heteroatoms. The largest absolute Gasteiger partial charge is 0.307 e. The van der Waals surface area contributed by atoms with Crippen molar-refractivity contribution in [3.63, 3.8) is 0 Å². The van der Waals surface area contributed by atoms with Gasteiger partial charge in [-0.15, -0.1) is 6.42 Å². The van der Waals surface area contributed by atoms with Gasteiger partial charge in [0, 0.05) is 26.2 Å². The molecule has 0 bridgehead atoms. The zero-order valence-electron chi connectivity index (χ0n) is 10.3. The van der Waals surface area contributed by atoms with E-state index >= 15 is 0 Å². The van der Waals surface area contributed by atoms with Gasteiger partial charge in [0.1, 0.15) is 6.33 Å². The fourth-order valence-corrected chi connectivity index (χ4v) is 2.12. The highest BCUT2D eigenvalue weighted by Gasteiger charge is 2.18. The third-order valence-electron chi connectivity index (χ3n) is 3.10. The Labute approximate surface area is 102 Å². The summed E-state index contributed by atoms with van der Waals surface area (Å²) in [6, 6.07) is 0.563. The summed E-state index contributed by atoms with van der Waals surface area (Å²) in [4.78, 5) is 6.51. The quantitative estimate of drug-likeness (QED) is 0.744. The summed E-state index contributed by atoms with van der Waals surface area (Å²) in [5.74, 6) is 3.56. The standard InChI is InChI=1S/C12H19N5/c1-3-6-17-7-4-11(5-8-17)13-9-12-14-10-16(2)15-12/h1,10-11,13H,4-9H2,2H3. The van der Waals surface area contributed by atoms with Crippen molar-refractivity contribution in [1.82, 2.24) is 25.0 Å². The van der Waals surface area contributed by atoms with Crippen LogP contribution in [0.2, 0.25) is 0 Å². The van der Waals surface area contributed by atoms with E-state index in [9.17, 15) is 0 Å². The highest BCUT2D eigenvalue weighted by atomic mass is 15.3. The molecule has 2 rings (SSSR count). The fourth-order valence-electron chi connectivity index (χ4n) is 2.12. The van der Waals surface area contributed by atoms with Gasteiger partial charge in [-0.2, -0.15) is 5.10 Å². The minimum absolute atomic E-state index is 0.563. The van der Waals surface area contributed by atoms with Crippen LogP contribution in [0.15, 0.2) is 6.33 Å². The van der Waals surface area contributed by atoms with E-state index in [1.54, 1.807) is 11.0 Å². The number of likely N-dealkylation sites (tertiary alicyclic amines) is 1. The molecule has 1 aromatic heterocycles. The molecule has 2 heterocycles. The van der Waals surface area contributed by atoms with E-state index in [1.807, 2.05) is 7.05 Å². The molecular formula is C12H19N5. The fraction of sp³-hybridized carbons (Fsp3) is 0.667. The number of nitrogens with one attached hydrogen (secondary N) is 1. The van der Waals surface area contributed by atoms with Crippen LogP contribution in [-0.4, -0.2) is 45.3 Å². The van der Waals surface area contributed by atoms with Gasteiger partial charge in [-0.25, -0.2) is 4.98 Å². The second-order valence-corrected chi connectivity index (χ2v) is 4.47. The summed E-state index contributed by atoms with van der Waals surface area (Å²) >= 11 is 0. The van der Waals surface area contributed by atoms with Crippen LogP contribution in [0.5, 0.6) is 0 Å². The molecule has 0 unspecified atom stereocenters. The van der Waals surface area contributed by atoms with Crippen LogP contribution in [0, 0.1) is 12.3 Å². The Morgan fingerprint density at radius 3 is 2.88 bits per heavy atom. The van der Waals surface area contributed by atoms with Gasteiger partial charge in [-0.05, 0) is 12.8 Å². The highest BCUT2D eigenvalue weighted by Crippen LogP contribution is 2.09. The number of terminal acetylenes is 1. The summed E-state index contributed by atoms with van der Waals surface area (Å²) < 4.78 is 1.73. The van der Waals surface area contributed by atoms with Crippen molar-refractivity contribution in [2.45, 2.75) is 25.4 Å². The Bertz CT molecular complexity index is 384. The van der Waals surface area contributed by atoms with Crippen LogP contribution < -0.4 is 5.32 Å². The number of hydrogen-bond acceptors (Lipinski definition) is 4. The summed E-state index contributed by atoms with van der Waals surface area (Å²) in [6.45, 7) is 3.68. The average molecular weight is 233 g/mol. The highest BCUT2D eigenvalue weighted by molar-refractivity contribution is 4.91. The number of nitrogens with zero attached hydrogens (tertiary/aromatic N) is 4. The van der Waals surface area contributed by atoms with Gasteiger partial charge in [-0.3, -0.25) is 9.58 Å². The zero-order chi connectivity index (χ0) is 12.1. The Morgan fingerprint density at radius 2 is 2.29 bits per heavy atom. The zero-order valence-corrected chi connectivity index (χ0v) is 10.3. The number of piperidine rings is 1. The maximum Gasteiger partial charge on any atom is 0.164 e. The van der Waals surface area contributed by atoms with Gasteiger partial charge in [-0.1, -0.05) is 5.92 Å². The SMILES string of the molecule is C#CCN1CCC(NCc2ncn(C)n2)CC1. The van der Waals surface area contributed by atoms with E-state index < -0.39 is 0 Å². The third-order valence-corrected chi connectivity index (χ3v) is 3.10. The Balaban J connectivity index is 1.70. The lowest BCUT2D eigenvalue weighted by molar-refractivity contribution is 0.217. The van der Waals surface area contributed by atoms with E-state index in [-0.39, 0.29) is 0 Å². The maximum atomic E-state index is 5.30. The molecule has 0 aromatic carbocycles. The summed E-state index contributed by atoms with van der Waals surface area (Å²) in [7, 11) is 1.88. The van der Waals surface area contributed by atoms with E-state index in [0.29, 0.717) is 6.04 Å². The molecule has 1 N–H and O–H groups in total. The van der Waals surface area contributed by atoms with Crippen LogP contribution in [0.4, 0.5) is 0 Å². The van der Waals surface area contributed by atoms with E-state index in [4.69, 9.17) is 6.42 Å². The van der Waals surface area contributed by atoms with Gasteiger partial charge in [0.15, 0.2) is 5.82 Å². The van der Waals surface area contributed by atoms with Crippen molar-refractivity contribution in [3.05, 3.63) is 12.2 Å². The summed E-state index contributed by atoms with van der Waals surface area (Å²) in [6.07, 6.45) is 9.33. The number of rotatable bonds is 4. The summed E-state index contributed by atoms with van der Waals surface area (Å²) in [5.41, 5.74) is 0. The first-order valence-corrected chi connectivity index (χ1v) is 6.01. The maximum absolute atomic E-state index is 5.30. The lowest BCUT2D eigenvalue weighted by atomic mass is 10.1. The van der Waals surface area contributed by atoms with Crippen LogP contribution in [0.1, 0.15) is 18.7 Å². The lowest BCUT2D eigenvalue weighted by Crippen LogP contribution is -2.42. The van der Waals surface area contributed by atoms with Crippen molar-refractivity contribution < 1.29 is 0 Å². The van der Waals surface area contributed by atoms with Crippen LogP contribution in [0.25, 0.3) is 0 Å². The van der Waals surface area contributed by atoms with Crippen LogP contribution in [-0.2, 0) is 13.6 Å². The Kier molecular flexibility index (Phi) is 4.13. The van der Waals surface area contributed by atoms with Crippen molar-refractivity contribution in [1.29, 1.82) is 0 Å². The molecule has 0 spiro atoms. The monoisotopic (exact) mass is 233 g/mol. The molecule has 1 aromatic rings. The van der Waals surface area contributed by atoms with Crippen molar-refractivity contribution >= 4 is 0 Å².